The Labute approximate surface area is 77.9 Å². The van der Waals surface area contributed by atoms with Crippen LogP contribution in [0, 0.1) is 6.92 Å². The van der Waals surface area contributed by atoms with Crippen molar-refractivity contribution in [3.8, 4) is 5.75 Å². The third-order valence-electron chi connectivity index (χ3n) is 2.33. The van der Waals surface area contributed by atoms with Crippen LogP contribution in [0.5, 0.6) is 5.75 Å². The van der Waals surface area contributed by atoms with Crippen molar-refractivity contribution in [2.45, 2.75) is 32.4 Å². The van der Waals surface area contributed by atoms with Gasteiger partial charge >= 0.3 is 0 Å². The quantitative estimate of drug-likeness (QED) is 0.699. The van der Waals surface area contributed by atoms with Crippen LogP contribution in [-0.2, 0) is 6.42 Å². The maximum Gasteiger partial charge on any atom is 0.141 e. The number of rotatable bonds is 1. The summed E-state index contributed by atoms with van der Waals surface area (Å²) in [6.45, 7) is 3.95. The van der Waals surface area contributed by atoms with Crippen molar-refractivity contribution >= 4 is 0 Å². The molecule has 0 saturated carbocycles. The summed E-state index contributed by atoms with van der Waals surface area (Å²) in [6.07, 6.45) is 0.943. The molecule has 0 aliphatic carbocycles. The van der Waals surface area contributed by atoms with E-state index < -0.39 is 0 Å². The van der Waals surface area contributed by atoms with E-state index in [1.165, 1.54) is 0 Å². The molecule has 0 bridgehead atoms. The molecule has 0 radical (unpaired) electrons. The first-order valence-corrected chi connectivity index (χ1v) is 4.55. The molecule has 2 heterocycles. The monoisotopic (exact) mass is 178 g/mol. The Hall–Kier alpha value is -1.09. The number of ether oxygens (including phenoxy) is 1. The van der Waals surface area contributed by atoms with Gasteiger partial charge in [0.2, 0.25) is 0 Å². The van der Waals surface area contributed by atoms with Crippen LogP contribution in [0.25, 0.3) is 0 Å². The molecule has 1 aliphatic rings. The Morgan fingerprint density at radius 3 is 3.08 bits per heavy atom. The highest BCUT2D eigenvalue weighted by Gasteiger charge is 2.26. The zero-order valence-corrected chi connectivity index (χ0v) is 7.95. The van der Waals surface area contributed by atoms with E-state index in [0.29, 0.717) is 0 Å². The molecule has 2 atom stereocenters. The molecule has 0 spiro atoms. The molecule has 1 aliphatic heterocycles. The molecule has 2 unspecified atom stereocenters. The molecule has 0 amide bonds. The number of aryl methyl sites for hydroxylation is 1. The Bertz CT molecular complexity index is 323. The Balaban J connectivity index is 2.25. The molecule has 0 aromatic carbocycles. The third-order valence-corrected chi connectivity index (χ3v) is 2.33. The molecule has 1 aromatic heterocycles. The van der Waals surface area contributed by atoms with E-state index in [1.54, 1.807) is 0 Å². The first-order chi connectivity index (χ1) is 6.16. The molecule has 2 rings (SSSR count). The fraction of sp³-hybridized carbons (Fsp3) is 0.500. The normalized spacial score (nSPS) is 22.2. The highest BCUT2D eigenvalue weighted by Crippen LogP contribution is 2.27. The number of nitrogens with two attached hydrogens (primary N) is 1. The van der Waals surface area contributed by atoms with Gasteiger partial charge in [0, 0.05) is 18.2 Å². The van der Waals surface area contributed by atoms with E-state index in [1.807, 2.05) is 26.0 Å². The highest BCUT2D eigenvalue weighted by atomic mass is 16.5. The lowest BCUT2D eigenvalue weighted by atomic mass is 10.1. The van der Waals surface area contributed by atoms with Crippen molar-refractivity contribution in [1.82, 2.24) is 4.98 Å². The van der Waals surface area contributed by atoms with Crippen LogP contribution in [0.1, 0.15) is 18.3 Å². The van der Waals surface area contributed by atoms with Crippen molar-refractivity contribution in [1.29, 1.82) is 0 Å². The summed E-state index contributed by atoms with van der Waals surface area (Å²) in [6, 6.07) is 4.00. The van der Waals surface area contributed by atoms with Crippen LogP contribution in [0.2, 0.25) is 0 Å². The second kappa shape index (κ2) is 3.00. The Kier molecular flexibility index (Phi) is 1.96. The largest absolute Gasteiger partial charge is 0.486 e. The molecular weight excluding hydrogens is 164 g/mol. The highest BCUT2D eigenvalue weighted by molar-refractivity contribution is 5.33. The molecule has 0 saturated heterocycles. The average Bonchev–Trinajstić information content (AvgIpc) is 2.46. The van der Waals surface area contributed by atoms with Crippen LogP contribution in [0.4, 0.5) is 0 Å². The molecule has 2 N–H and O–H groups in total. The summed E-state index contributed by atoms with van der Waals surface area (Å²) in [5, 5.41) is 0. The van der Waals surface area contributed by atoms with Gasteiger partial charge in [-0.3, -0.25) is 4.98 Å². The minimum absolute atomic E-state index is 0.0644. The maximum absolute atomic E-state index is 5.76. The summed E-state index contributed by atoms with van der Waals surface area (Å²) in [5.74, 6) is 0.896. The fourth-order valence-corrected chi connectivity index (χ4v) is 1.54. The topological polar surface area (TPSA) is 48.1 Å². The number of pyridine rings is 1. The van der Waals surface area contributed by atoms with Gasteiger partial charge in [0.25, 0.3) is 0 Å². The van der Waals surface area contributed by atoms with Crippen molar-refractivity contribution < 1.29 is 4.74 Å². The van der Waals surface area contributed by atoms with E-state index >= 15 is 0 Å². The standard InChI is InChI=1S/C10H14N2O/c1-6-3-4-9-8(12-6)5-10(13-9)7(2)11/h3-4,7,10H,5,11H2,1-2H3. The lowest BCUT2D eigenvalue weighted by Gasteiger charge is -2.13. The van der Waals surface area contributed by atoms with Crippen LogP contribution >= 0.6 is 0 Å². The van der Waals surface area contributed by atoms with Gasteiger partial charge in [0.15, 0.2) is 0 Å². The smallest absolute Gasteiger partial charge is 0.141 e. The molecule has 3 heteroatoms. The second-order valence-electron chi connectivity index (χ2n) is 3.62. The van der Waals surface area contributed by atoms with E-state index in [-0.39, 0.29) is 12.1 Å². The zero-order valence-electron chi connectivity index (χ0n) is 7.95. The van der Waals surface area contributed by atoms with Gasteiger partial charge < -0.3 is 10.5 Å². The summed E-state index contributed by atoms with van der Waals surface area (Å²) in [4.78, 5) is 4.41. The predicted molar refractivity (Wildman–Crippen MR) is 50.7 cm³/mol. The first-order valence-electron chi connectivity index (χ1n) is 4.55. The van der Waals surface area contributed by atoms with Crippen molar-refractivity contribution in [2.24, 2.45) is 5.73 Å². The average molecular weight is 178 g/mol. The van der Waals surface area contributed by atoms with Crippen LogP contribution in [0.15, 0.2) is 12.1 Å². The van der Waals surface area contributed by atoms with Gasteiger partial charge in [0.05, 0.1) is 5.69 Å². The first kappa shape index (κ1) is 8.51. The summed E-state index contributed by atoms with van der Waals surface area (Å²) >= 11 is 0. The SMILES string of the molecule is Cc1ccc2c(n1)CC(C(C)N)O2. The number of nitrogens with zero attached hydrogens (tertiary/aromatic N) is 1. The van der Waals surface area contributed by atoms with Gasteiger partial charge in [-0.1, -0.05) is 0 Å². The van der Waals surface area contributed by atoms with Crippen molar-refractivity contribution in [2.75, 3.05) is 0 Å². The molecule has 13 heavy (non-hydrogen) atoms. The van der Waals surface area contributed by atoms with Crippen LogP contribution in [0.3, 0.4) is 0 Å². The van der Waals surface area contributed by atoms with Crippen molar-refractivity contribution in [3.05, 3.63) is 23.5 Å². The fourth-order valence-electron chi connectivity index (χ4n) is 1.54. The molecule has 1 aromatic rings. The lowest BCUT2D eigenvalue weighted by molar-refractivity contribution is 0.206. The molecule has 70 valence electrons. The van der Waals surface area contributed by atoms with Gasteiger partial charge in [-0.2, -0.15) is 0 Å². The zero-order chi connectivity index (χ0) is 9.42. The number of hydrogen-bond donors (Lipinski definition) is 1. The predicted octanol–water partition coefficient (Wildman–Crippen LogP) is 1.04. The second-order valence-corrected chi connectivity index (χ2v) is 3.62. The van der Waals surface area contributed by atoms with Gasteiger partial charge in [-0.15, -0.1) is 0 Å². The van der Waals surface area contributed by atoms with E-state index in [0.717, 1.165) is 23.6 Å². The van der Waals surface area contributed by atoms with Gasteiger partial charge in [0.1, 0.15) is 11.9 Å². The Morgan fingerprint density at radius 1 is 1.62 bits per heavy atom. The number of hydrogen-bond acceptors (Lipinski definition) is 3. The van der Waals surface area contributed by atoms with Crippen molar-refractivity contribution in [3.63, 3.8) is 0 Å². The Morgan fingerprint density at radius 2 is 2.38 bits per heavy atom. The minimum atomic E-state index is 0.0644. The summed E-state index contributed by atoms with van der Waals surface area (Å²) in [5.41, 5.74) is 7.84. The summed E-state index contributed by atoms with van der Waals surface area (Å²) in [7, 11) is 0. The minimum Gasteiger partial charge on any atom is -0.486 e. The van der Waals surface area contributed by atoms with E-state index in [4.69, 9.17) is 10.5 Å². The van der Waals surface area contributed by atoms with Gasteiger partial charge in [-0.05, 0) is 26.0 Å². The van der Waals surface area contributed by atoms with Crippen LogP contribution < -0.4 is 10.5 Å². The van der Waals surface area contributed by atoms with E-state index in [9.17, 15) is 0 Å². The maximum atomic E-state index is 5.76. The third kappa shape index (κ3) is 1.52. The molecule has 0 fully saturated rings. The molecule has 3 nitrogen and oxygen atoms in total. The number of aromatic nitrogens is 1. The van der Waals surface area contributed by atoms with E-state index in [2.05, 4.69) is 4.98 Å². The van der Waals surface area contributed by atoms with Gasteiger partial charge in [-0.25, -0.2) is 0 Å². The van der Waals surface area contributed by atoms with Crippen LogP contribution in [-0.4, -0.2) is 17.1 Å². The lowest BCUT2D eigenvalue weighted by Crippen LogP contribution is -2.34. The summed E-state index contributed by atoms with van der Waals surface area (Å²) < 4.78 is 5.64. The number of fused-ring (bicyclic) bond motifs is 1. The molecular formula is C10H14N2O.